The van der Waals surface area contributed by atoms with Gasteiger partial charge in [-0.25, -0.2) is 0 Å². The van der Waals surface area contributed by atoms with Crippen molar-refractivity contribution < 1.29 is 9.84 Å². The third-order valence-electron chi connectivity index (χ3n) is 3.85. The predicted octanol–water partition coefficient (Wildman–Crippen LogP) is 5.79. The standard InChI is InChI=1S/C20H36O2/c1-8-20(7,14-10-12-17(4)5)22-19(21)15-18(6)13-9-11-16(2)3/h8,11-12,18-19,21H,1,9-10,13-15H2,2-7H3/t18?,19-,20-/m0/s1. The Morgan fingerprint density at radius 1 is 1.14 bits per heavy atom. The van der Waals surface area contributed by atoms with Gasteiger partial charge in [-0.15, -0.1) is 6.58 Å². The number of allylic oxidation sites excluding steroid dienone is 4. The highest BCUT2D eigenvalue weighted by molar-refractivity contribution is 4.99. The molecule has 0 aromatic heterocycles. The van der Waals surface area contributed by atoms with Crippen LogP contribution >= 0.6 is 0 Å². The minimum absolute atomic E-state index is 0.442. The molecular formula is C20H36O2. The van der Waals surface area contributed by atoms with Gasteiger partial charge in [0.15, 0.2) is 6.29 Å². The van der Waals surface area contributed by atoms with Crippen molar-refractivity contribution in [2.45, 2.75) is 85.5 Å². The number of aliphatic hydroxyl groups excluding tert-OH is 1. The Bertz CT molecular complexity index is 373. The van der Waals surface area contributed by atoms with E-state index < -0.39 is 11.9 Å². The van der Waals surface area contributed by atoms with Crippen molar-refractivity contribution in [2.75, 3.05) is 0 Å². The van der Waals surface area contributed by atoms with Crippen molar-refractivity contribution in [3.63, 3.8) is 0 Å². The van der Waals surface area contributed by atoms with Crippen LogP contribution in [0.15, 0.2) is 36.0 Å². The fraction of sp³-hybridized carbons (Fsp3) is 0.700. The highest BCUT2D eigenvalue weighted by Crippen LogP contribution is 2.24. The first kappa shape index (κ1) is 21.1. The molecule has 0 aliphatic heterocycles. The first-order valence-corrected chi connectivity index (χ1v) is 8.44. The van der Waals surface area contributed by atoms with Crippen LogP contribution in [0.25, 0.3) is 0 Å². The molecule has 0 amide bonds. The van der Waals surface area contributed by atoms with Gasteiger partial charge in [0.1, 0.15) is 0 Å². The van der Waals surface area contributed by atoms with Gasteiger partial charge < -0.3 is 9.84 Å². The maximum Gasteiger partial charge on any atom is 0.155 e. The topological polar surface area (TPSA) is 29.5 Å². The van der Waals surface area contributed by atoms with Gasteiger partial charge >= 0.3 is 0 Å². The van der Waals surface area contributed by atoms with E-state index in [1.807, 2.05) is 13.0 Å². The fourth-order valence-electron chi connectivity index (χ4n) is 2.33. The Hall–Kier alpha value is -0.860. The van der Waals surface area contributed by atoms with Crippen LogP contribution < -0.4 is 0 Å². The second kappa shape index (κ2) is 10.8. The van der Waals surface area contributed by atoms with Crippen LogP contribution in [0.1, 0.15) is 73.6 Å². The molecule has 1 unspecified atom stereocenters. The summed E-state index contributed by atoms with van der Waals surface area (Å²) in [4.78, 5) is 0. The number of hydrogen-bond donors (Lipinski definition) is 1. The summed E-state index contributed by atoms with van der Waals surface area (Å²) in [7, 11) is 0. The smallest absolute Gasteiger partial charge is 0.155 e. The van der Waals surface area contributed by atoms with Gasteiger partial charge in [0.05, 0.1) is 5.60 Å². The third kappa shape index (κ3) is 10.8. The van der Waals surface area contributed by atoms with Crippen LogP contribution in [-0.2, 0) is 4.74 Å². The Labute approximate surface area is 138 Å². The van der Waals surface area contributed by atoms with Crippen LogP contribution in [0, 0.1) is 5.92 Å². The normalized spacial score (nSPS) is 16.3. The second-order valence-corrected chi connectivity index (χ2v) is 7.11. The molecule has 0 aliphatic carbocycles. The van der Waals surface area contributed by atoms with E-state index in [1.165, 1.54) is 11.1 Å². The van der Waals surface area contributed by atoms with Gasteiger partial charge in [-0.2, -0.15) is 0 Å². The van der Waals surface area contributed by atoms with E-state index in [-0.39, 0.29) is 0 Å². The number of hydrogen-bond acceptors (Lipinski definition) is 2. The SMILES string of the molecule is C=C[C@@](C)(CCC=C(C)C)O[C@H](O)CC(C)CCC=C(C)C. The van der Waals surface area contributed by atoms with E-state index in [0.29, 0.717) is 12.3 Å². The molecule has 0 aromatic carbocycles. The third-order valence-corrected chi connectivity index (χ3v) is 3.85. The van der Waals surface area contributed by atoms with E-state index >= 15 is 0 Å². The molecule has 0 saturated carbocycles. The molecule has 0 aromatic rings. The summed E-state index contributed by atoms with van der Waals surface area (Å²) in [5.41, 5.74) is 2.19. The van der Waals surface area contributed by atoms with Crippen molar-refractivity contribution in [3.05, 3.63) is 36.0 Å². The monoisotopic (exact) mass is 308 g/mol. The molecule has 0 bridgehead atoms. The maximum absolute atomic E-state index is 10.2. The van der Waals surface area contributed by atoms with E-state index in [9.17, 15) is 5.11 Å². The zero-order valence-corrected chi connectivity index (χ0v) is 15.5. The average molecular weight is 309 g/mol. The van der Waals surface area contributed by atoms with Gasteiger partial charge in [0.2, 0.25) is 0 Å². The molecule has 0 heterocycles. The van der Waals surface area contributed by atoms with E-state index in [2.05, 4.69) is 53.3 Å². The molecule has 0 radical (unpaired) electrons. The van der Waals surface area contributed by atoms with Crippen LogP contribution in [0.2, 0.25) is 0 Å². The van der Waals surface area contributed by atoms with Crippen LogP contribution in [-0.4, -0.2) is 17.0 Å². The van der Waals surface area contributed by atoms with Gasteiger partial charge in [0.25, 0.3) is 0 Å². The zero-order valence-electron chi connectivity index (χ0n) is 15.5. The lowest BCUT2D eigenvalue weighted by Gasteiger charge is -2.30. The van der Waals surface area contributed by atoms with E-state index in [4.69, 9.17) is 4.74 Å². The van der Waals surface area contributed by atoms with E-state index in [1.54, 1.807) is 0 Å². The lowest BCUT2D eigenvalue weighted by Crippen LogP contribution is -2.32. The van der Waals surface area contributed by atoms with Gasteiger partial charge in [-0.3, -0.25) is 0 Å². The largest absolute Gasteiger partial charge is 0.368 e. The summed E-state index contributed by atoms with van der Waals surface area (Å²) in [6.07, 6.45) is 10.1. The summed E-state index contributed by atoms with van der Waals surface area (Å²) in [6.45, 7) is 16.4. The fourth-order valence-corrected chi connectivity index (χ4v) is 2.33. The Balaban J connectivity index is 4.28. The van der Waals surface area contributed by atoms with Crippen LogP contribution in [0.5, 0.6) is 0 Å². The molecule has 128 valence electrons. The Morgan fingerprint density at radius 3 is 2.18 bits per heavy atom. The molecule has 2 nitrogen and oxygen atoms in total. The van der Waals surface area contributed by atoms with Crippen molar-refractivity contribution in [2.24, 2.45) is 5.92 Å². The number of aliphatic hydroxyl groups is 1. The zero-order chi connectivity index (χ0) is 17.2. The molecule has 0 fully saturated rings. The first-order chi connectivity index (χ1) is 10.2. The molecule has 0 spiro atoms. The molecule has 22 heavy (non-hydrogen) atoms. The quantitative estimate of drug-likeness (QED) is 0.387. The van der Waals surface area contributed by atoms with Crippen molar-refractivity contribution in [1.82, 2.24) is 0 Å². The minimum Gasteiger partial charge on any atom is -0.368 e. The van der Waals surface area contributed by atoms with Crippen molar-refractivity contribution in [3.8, 4) is 0 Å². The van der Waals surface area contributed by atoms with Crippen LogP contribution in [0.3, 0.4) is 0 Å². The maximum atomic E-state index is 10.2. The minimum atomic E-state index is -0.726. The summed E-state index contributed by atoms with van der Waals surface area (Å²) < 4.78 is 5.86. The van der Waals surface area contributed by atoms with Gasteiger partial charge in [-0.1, -0.05) is 36.3 Å². The summed E-state index contributed by atoms with van der Waals surface area (Å²) >= 11 is 0. The van der Waals surface area contributed by atoms with Crippen molar-refractivity contribution in [1.29, 1.82) is 0 Å². The van der Waals surface area contributed by atoms with E-state index in [0.717, 1.165) is 25.7 Å². The number of ether oxygens (including phenoxy) is 1. The summed E-state index contributed by atoms with van der Waals surface area (Å²) in [5.74, 6) is 0.442. The molecular weight excluding hydrogens is 272 g/mol. The molecule has 3 atom stereocenters. The molecule has 2 heteroatoms. The molecule has 1 N–H and O–H groups in total. The molecule has 0 aliphatic rings. The molecule has 0 rings (SSSR count). The summed E-state index contributed by atoms with van der Waals surface area (Å²) in [5, 5.41) is 10.2. The Kier molecular flexibility index (Phi) is 10.4. The predicted molar refractivity (Wildman–Crippen MR) is 96.8 cm³/mol. The Morgan fingerprint density at radius 2 is 1.68 bits per heavy atom. The second-order valence-electron chi connectivity index (χ2n) is 7.11. The van der Waals surface area contributed by atoms with Gasteiger partial charge in [0, 0.05) is 6.42 Å². The highest BCUT2D eigenvalue weighted by atomic mass is 16.6. The lowest BCUT2D eigenvalue weighted by molar-refractivity contribution is -0.170. The van der Waals surface area contributed by atoms with Gasteiger partial charge in [-0.05, 0) is 66.2 Å². The average Bonchev–Trinajstić information content (AvgIpc) is 2.37. The summed E-state index contributed by atoms with van der Waals surface area (Å²) in [6, 6.07) is 0. The first-order valence-electron chi connectivity index (χ1n) is 8.44. The van der Waals surface area contributed by atoms with Crippen LogP contribution in [0.4, 0.5) is 0 Å². The number of rotatable bonds is 11. The van der Waals surface area contributed by atoms with Crippen molar-refractivity contribution >= 4 is 0 Å². The molecule has 0 saturated heterocycles. The highest BCUT2D eigenvalue weighted by Gasteiger charge is 2.24. The lowest BCUT2D eigenvalue weighted by atomic mass is 9.97.